The monoisotopic (exact) mass is 337 g/mol. The van der Waals surface area contributed by atoms with Crippen LogP contribution in [-0.2, 0) is 12.8 Å². The van der Waals surface area contributed by atoms with Crippen LogP contribution < -0.4 is 4.74 Å². The van der Waals surface area contributed by atoms with Crippen molar-refractivity contribution in [3.05, 3.63) is 41.5 Å². The van der Waals surface area contributed by atoms with Crippen LogP contribution in [0.2, 0.25) is 0 Å². The highest BCUT2D eigenvalue weighted by molar-refractivity contribution is 5.28. The Bertz CT molecular complexity index is 638. The first-order valence-corrected chi connectivity index (χ1v) is 8.12. The molecule has 1 saturated heterocycles. The Morgan fingerprint density at radius 3 is 2.62 bits per heavy atom. The second kappa shape index (κ2) is 7.70. The van der Waals surface area contributed by atoms with E-state index in [1.807, 2.05) is 0 Å². The molecule has 0 aliphatic carbocycles. The lowest BCUT2D eigenvalue weighted by Crippen LogP contribution is -2.30. The predicted molar refractivity (Wildman–Crippen MR) is 84.1 cm³/mol. The topological polar surface area (TPSA) is 51.4 Å². The fraction of sp³-hybridized carbons (Fsp3) is 0.529. The molecule has 2 heterocycles. The number of halogens is 2. The first-order chi connectivity index (χ1) is 11.6. The molecule has 0 unspecified atom stereocenters. The highest BCUT2D eigenvalue weighted by Gasteiger charge is 2.19. The molecule has 3 rings (SSSR count). The molecule has 0 amide bonds. The van der Waals surface area contributed by atoms with Crippen molar-refractivity contribution in [2.24, 2.45) is 5.92 Å². The zero-order chi connectivity index (χ0) is 16.9. The third-order valence-corrected chi connectivity index (χ3v) is 4.32. The fourth-order valence-electron chi connectivity index (χ4n) is 2.93. The van der Waals surface area contributed by atoms with Crippen LogP contribution >= 0.6 is 0 Å². The number of rotatable bonds is 6. The highest BCUT2D eigenvalue weighted by Crippen LogP contribution is 2.21. The zero-order valence-electron chi connectivity index (χ0n) is 13.6. The smallest absolute Gasteiger partial charge is 0.387 e. The van der Waals surface area contributed by atoms with E-state index in [2.05, 4.69) is 26.8 Å². The number of hydrogen-bond donors (Lipinski definition) is 0. The average Bonchev–Trinajstić information content (AvgIpc) is 2.98. The number of aromatic nitrogens is 2. The van der Waals surface area contributed by atoms with Gasteiger partial charge in [0.1, 0.15) is 5.75 Å². The highest BCUT2D eigenvalue weighted by atomic mass is 19.3. The molecule has 1 aliphatic rings. The zero-order valence-corrected chi connectivity index (χ0v) is 13.6. The maximum atomic E-state index is 12.1. The molecule has 1 aromatic carbocycles. The minimum absolute atomic E-state index is 0.143. The number of hydrogen-bond acceptors (Lipinski definition) is 5. The van der Waals surface area contributed by atoms with E-state index in [0.29, 0.717) is 24.1 Å². The van der Waals surface area contributed by atoms with Gasteiger partial charge >= 0.3 is 6.61 Å². The number of benzene rings is 1. The van der Waals surface area contributed by atoms with Crippen LogP contribution in [0.25, 0.3) is 0 Å². The van der Waals surface area contributed by atoms with Crippen molar-refractivity contribution in [1.82, 2.24) is 15.0 Å². The van der Waals surface area contributed by atoms with Crippen LogP contribution in [0, 0.1) is 5.92 Å². The number of likely N-dealkylation sites (tertiary alicyclic amines) is 1. The van der Waals surface area contributed by atoms with Crippen molar-refractivity contribution in [2.45, 2.75) is 32.3 Å². The second-order valence-electron chi connectivity index (χ2n) is 6.25. The fourth-order valence-corrected chi connectivity index (χ4v) is 2.93. The van der Waals surface area contributed by atoms with Crippen LogP contribution in [0.4, 0.5) is 8.78 Å². The maximum absolute atomic E-state index is 12.1. The van der Waals surface area contributed by atoms with Gasteiger partial charge in [0, 0.05) is 12.8 Å². The minimum Gasteiger partial charge on any atom is -0.435 e. The Morgan fingerprint density at radius 2 is 1.96 bits per heavy atom. The third-order valence-electron chi connectivity index (χ3n) is 4.32. The lowest BCUT2D eigenvalue weighted by atomic mass is 9.94. The number of nitrogens with zero attached hydrogens (tertiary/aromatic N) is 3. The van der Waals surface area contributed by atoms with E-state index >= 15 is 0 Å². The number of alkyl halides is 2. The van der Waals surface area contributed by atoms with Crippen molar-refractivity contribution < 1.29 is 18.0 Å². The molecule has 1 aliphatic heterocycles. The van der Waals surface area contributed by atoms with E-state index in [9.17, 15) is 8.78 Å². The van der Waals surface area contributed by atoms with Crippen molar-refractivity contribution in [3.63, 3.8) is 0 Å². The molecule has 0 saturated carbocycles. The van der Waals surface area contributed by atoms with E-state index in [1.165, 1.54) is 12.1 Å². The summed E-state index contributed by atoms with van der Waals surface area (Å²) in [5.41, 5.74) is 0.920. The van der Waals surface area contributed by atoms with E-state index < -0.39 is 6.61 Å². The third kappa shape index (κ3) is 4.74. The molecule has 0 radical (unpaired) electrons. The molecule has 1 aromatic heterocycles. The minimum atomic E-state index is -2.81. The van der Waals surface area contributed by atoms with Gasteiger partial charge in [-0.05, 0) is 56.6 Å². The molecular formula is C17H21F2N3O2. The van der Waals surface area contributed by atoms with Crippen molar-refractivity contribution in [1.29, 1.82) is 0 Å². The Morgan fingerprint density at radius 1 is 1.25 bits per heavy atom. The normalized spacial score (nSPS) is 16.7. The van der Waals surface area contributed by atoms with E-state index in [1.54, 1.807) is 12.1 Å². The Balaban J connectivity index is 1.54. The van der Waals surface area contributed by atoms with Crippen LogP contribution in [0.5, 0.6) is 5.75 Å². The molecule has 0 spiro atoms. The van der Waals surface area contributed by atoms with Gasteiger partial charge in [0.15, 0.2) is 5.82 Å². The number of ether oxygens (including phenoxy) is 1. The molecule has 130 valence electrons. The summed E-state index contributed by atoms with van der Waals surface area (Å²) in [5, 5.41) is 4.01. The van der Waals surface area contributed by atoms with Crippen LogP contribution in [-0.4, -0.2) is 41.8 Å². The molecule has 0 bridgehead atoms. The lowest BCUT2D eigenvalue weighted by Gasteiger charge is -2.27. The Kier molecular flexibility index (Phi) is 5.40. The largest absolute Gasteiger partial charge is 0.435 e. The molecule has 5 nitrogen and oxygen atoms in total. The summed E-state index contributed by atoms with van der Waals surface area (Å²) in [6.07, 6.45) is 3.63. The van der Waals surface area contributed by atoms with Gasteiger partial charge in [-0.1, -0.05) is 17.3 Å². The Hall–Kier alpha value is -2.02. The molecule has 0 N–H and O–H groups in total. The molecule has 2 aromatic rings. The van der Waals surface area contributed by atoms with E-state index in [0.717, 1.165) is 37.9 Å². The molecular weight excluding hydrogens is 316 g/mol. The van der Waals surface area contributed by atoms with Gasteiger partial charge in [0.25, 0.3) is 0 Å². The van der Waals surface area contributed by atoms with Gasteiger partial charge in [-0.15, -0.1) is 0 Å². The van der Waals surface area contributed by atoms with Gasteiger partial charge in [0.05, 0.1) is 0 Å². The predicted octanol–water partition coefficient (Wildman–Crippen LogP) is 3.15. The summed E-state index contributed by atoms with van der Waals surface area (Å²) in [7, 11) is 2.14. The summed E-state index contributed by atoms with van der Waals surface area (Å²) in [5.74, 6) is 2.03. The van der Waals surface area contributed by atoms with Crippen molar-refractivity contribution in [2.75, 3.05) is 20.1 Å². The van der Waals surface area contributed by atoms with Gasteiger partial charge in [0.2, 0.25) is 5.89 Å². The maximum Gasteiger partial charge on any atom is 0.387 e. The van der Waals surface area contributed by atoms with Crippen LogP contribution in [0.1, 0.15) is 30.1 Å². The van der Waals surface area contributed by atoms with Gasteiger partial charge in [-0.2, -0.15) is 13.8 Å². The first kappa shape index (κ1) is 16.8. The van der Waals surface area contributed by atoms with Gasteiger partial charge in [-0.25, -0.2) is 0 Å². The SMILES string of the molecule is CN1CCC(Cc2nc(Cc3ccc(OC(F)F)cc3)no2)CC1. The molecule has 0 atom stereocenters. The summed E-state index contributed by atoms with van der Waals surface area (Å²) >= 11 is 0. The van der Waals surface area contributed by atoms with Crippen molar-refractivity contribution >= 4 is 0 Å². The van der Waals surface area contributed by atoms with Crippen LogP contribution in [0.3, 0.4) is 0 Å². The van der Waals surface area contributed by atoms with Crippen LogP contribution in [0.15, 0.2) is 28.8 Å². The van der Waals surface area contributed by atoms with Crippen molar-refractivity contribution in [3.8, 4) is 5.75 Å². The average molecular weight is 337 g/mol. The standard InChI is InChI=1S/C17H21F2N3O2/c1-22-8-6-13(7-9-22)11-16-20-15(21-24-16)10-12-2-4-14(5-3-12)23-17(18)19/h2-5,13,17H,6-11H2,1H3. The second-order valence-corrected chi connectivity index (χ2v) is 6.25. The van der Waals surface area contributed by atoms with Gasteiger partial charge < -0.3 is 14.2 Å². The summed E-state index contributed by atoms with van der Waals surface area (Å²) in [6.45, 7) is -0.590. The first-order valence-electron chi connectivity index (χ1n) is 8.12. The van der Waals surface area contributed by atoms with Gasteiger partial charge in [-0.3, -0.25) is 0 Å². The summed E-state index contributed by atoms with van der Waals surface area (Å²) < 4.78 is 33.9. The molecule has 7 heteroatoms. The summed E-state index contributed by atoms with van der Waals surface area (Å²) in [4.78, 5) is 6.78. The number of piperidine rings is 1. The Labute approximate surface area is 139 Å². The van der Waals surface area contributed by atoms with E-state index in [-0.39, 0.29) is 5.75 Å². The summed E-state index contributed by atoms with van der Waals surface area (Å²) in [6, 6.07) is 6.48. The quantitative estimate of drug-likeness (QED) is 0.810. The molecule has 24 heavy (non-hydrogen) atoms. The molecule has 1 fully saturated rings. The van der Waals surface area contributed by atoms with E-state index in [4.69, 9.17) is 4.52 Å². The lowest BCUT2D eigenvalue weighted by molar-refractivity contribution is -0.0498.